The lowest BCUT2D eigenvalue weighted by molar-refractivity contribution is -0.137. The van der Waals surface area contributed by atoms with Gasteiger partial charge in [0.2, 0.25) is 5.88 Å². The van der Waals surface area contributed by atoms with Gasteiger partial charge in [-0.2, -0.15) is 18.2 Å². The summed E-state index contributed by atoms with van der Waals surface area (Å²) < 4.78 is 66.4. The molecule has 0 amide bonds. The number of nitrogens with zero attached hydrogens (tertiary/aromatic N) is 3. The zero-order valence-electron chi connectivity index (χ0n) is 20.3. The Morgan fingerprint density at radius 3 is 2.71 bits per heavy atom. The lowest BCUT2D eigenvalue weighted by Crippen LogP contribution is -2.45. The first-order chi connectivity index (χ1) is 18.0. The van der Waals surface area contributed by atoms with E-state index in [4.69, 9.17) is 21.1 Å². The van der Waals surface area contributed by atoms with E-state index in [9.17, 15) is 27.5 Å². The smallest absolute Gasteiger partial charge is 0.417 e. The van der Waals surface area contributed by atoms with Crippen LogP contribution in [-0.2, 0) is 19.1 Å². The minimum atomic E-state index is -4.67. The first-order valence-electron chi connectivity index (χ1n) is 12.0. The minimum Gasteiger partial charge on any atom is -0.477 e. The molecule has 38 heavy (non-hydrogen) atoms. The molecular formula is C26H24ClF4N3O4. The van der Waals surface area contributed by atoms with Gasteiger partial charge in [0.1, 0.15) is 11.6 Å². The molecule has 0 aliphatic carbocycles. The number of hydrogen-bond donors (Lipinski definition) is 1. The van der Waals surface area contributed by atoms with Crippen molar-refractivity contribution >= 4 is 17.4 Å². The molecule has 1 N–H and O–H groups in total. The van der Waals surface area contributed by atoms with Crippen molar-refractivity contribution in [3.8, 4) is 17.4 Å². The summed E-state index contributed by atoms with van der Waals surface area (Å²) in [5.41, 5.74) is -1.50. The maximum Gasteiger partial charge on any atom is 0.417 e. The number of anilines is 1. The predicted molar refractivity (Wildman–Crippen MR) is 132 cm³/mol. The fourth-order valence-corrected chi connectivity index (χ4v) is 5.42. The molecular weight excluding hydrogens is 530 g/mol. The van der Waals surface area contributed by atoms with Gasteiger partial charge in [-0.1, -0.05) is 24.6 Å². The Balaban J connectivity index is 1.24. The van der Waals surface area contributed by atoms with E-state index in [1.54, 1.807) is 16.7 Å². The van der Waals surface area contributed by atoms with Gasteiger partial charge < -0.3 is 19.5 Å². The number of aliphatic hydroxyl groups excluding tert-OH is 1. The van der Waals surface area contributed by atoms with Crippen LogP contribution in [-0.4, -0.2) is 40.0 Å². The number of aromatic nitrogens is 2. The molecule has 0 radical (unpaired) electrons. The van der Waals surface area contributed by atoms with E-state index in [1.807, 2.05) is 4.90 Å². The number of alkyl halides is 3. The largest absolute Gasteiger partial charge is 0.477 e. The molecule has 3 heterocycles. The van der Waals surface area contributed by atoms with Crippen molar-refractivity contribution in [1.29, 1.82) is 0 Å². The molecule has 0 saturated carbocycles. The van der Waals surface area contributed by atoms with Crippen LogP contribution >= 0.6 is 11.6 Å². The Labute approximate surface area is 220 Å². The van der Waals surface area contributed by atoms with Gasteiger partial charge in [-0.25, -0.2) is 9.18 Å². The predicted octanol–water partition coefficient (Wildman–Crippen LogP) is 5.06. The van der Waals surface area contributed by atoms with Crippen LogP contribution in [0.5, 0.6) is 17.4 Å². The minimum absolute atomic E-state index is 0.0680. The lowest BCUT2D eigenvalue weighted by Gasteiger charge is -2.30. The maximum absolute atomic E-state index is 14.6. The second-order valence-corrected chi connectivity index (χ2v) is 10.1. The summed E-state index contributed by atoms with van der Waals surface area (Å²) in [5.74, 6) is -0.0471. The van der Waals surface area contributed by atoms with E-state index in [0.29, 0.717) is 36.5 Å². The first kappa shape index (κ1) is 26.3. The molecule has 2 atom stereocenters. The molecule has 1 saturated heterocycles. The second kappa shape index (κ2) is 9.77. The van der Waals surface area contributed by atoms with E-state index in [1.165, 1.54) is 18.2 Å². The molecule has 5 rings (SSSR count). The Bertz CT molecular complexity index is 1430. The van der Waals surface area contributed by atoms with Crippen LogP contribution in [0, 0.1) is 11.7 Å². The van der Waals surface area contributed by atoms with E-state index in [0.717, 1.165) is 12.5 Å². The van der Waals surface area contributed by atoms with E-state index in [-0.39, 0.29) is 37.0 Å². The Morgan fingerprint density at radius 1 is 1.21 bits per heavy atom. The molecule has 2 aliphatic rings. The molecule has 0 bridgehead atoms. The van der Waals surface area contributed by atoms with Crippen LogP contribution < -0.4 is 20.1 Å². The summed E-state index contributed by atoms with van der Waals surface area (Å²) in [6, 6.07) is 8.73. The molecule has 1 aromatic heterocycles. The Morgan fingerprint density at radius 2 is 2.00 bits per heavy atom. The van der Waals surface area contributed by atoms with Crippen molar-refractivity contribution < 1.29 is 32.1 Å². The molecule has 3 aromatic rings. The van der Waals surface area contributed by atoms with Crippen LogP contribution in [0.15, 0.2) is 47.3 Å². The third kappa shape index (κ3) is 4.92. The van der Waals surface area contributed by atoms with Gasteiger partial charge in [0, 0.05) is 19.0 Å². The van der Waals surface area contributed by atoms with Crippen molar-refractivity contribution in [2.45, 2.75) is 38.0 Å². The highest BCUT2D eigenvalue weighted by atomic mass is 35.5. The van der Waals surface area contributed by atoms with E-state index < -0.39 is 33.8 Å². The average Bonchev–Trinajstić information content (AvgIpc) is 3.33. The molecule has 0 unspecified atom stereocenters. The maximum atomic E-state index is 14.6. The highest BCUT2D eigenvalue weighted by Gasteiger charge is 2.50. The molecule has 7 nitrogen and oxygen atoms in total. The number of aliphatic hydroxyl groups is 1. The van der Waals surface area contributed by atoms with Crippen molar-refractivity contribution in [2.75, 3.05) is 24.7 Å². The van der Waals surface area contributed by atoms with Crippen LogP contribution in [0.1, 0.15) is 24.5 Å². The Kier molecular flexibility index (Phi) is 6.77. The highest BCUT2D eigenvalue weighted by Crippen LogP contribution is 2.43. The van der Waals surface area contributed by atoms with Gasteiger partial charge in [0.25, 0.3) is 0 Å². The monoisotopic (exact) mass is 553 g/mol. The van der Waals surface area contributed by atoms with Gasteiger partial charge in [-0.3, -0.25) is 4.57 Å². The number of rotatable bonds is 7. The van der Waals surface area contributed by atoms with E-state index in [2.05, 4.69) is 11.9 Å². The fraction of sp³-hybridized carbons (Fsp3) is 0.385. The third-order valence-corrected chi connectivity index (χ3v) is 7.22. The standard InChI is InChI=1S/C26H24ClF4N3O4/c1-15-11-25(14-35)13-33-23(34(25)12-15)10-22(32-24(33)36)37-7-6-16-2-5-21(20(28)8-16)38-17-3-4-19(27)18(9-17)26(29,30)31/h2-5,8-10,15,35H,6-7,11-14H2,1H3/t15-,25-/m1/s1. The van der Waals surface area contributed by atoms with Crippen LogP contribution in [0.25, 0.3) is 0 Å². The summed E-state index contributed by atoms with van der Waals surface area (Å²) in [5, 5.41) is 9.54. The van der Waals surface area contributed by atoms with Crippen molar-refractivity contribution in [3.05, 3.63) is 74.9 Å². The first-order valence-corrected chi connectivity index (χ1v) is 12.3. The van der Waals surface area contributed by atoms with Gasteiger partial charge >= 0.3 is 11.9 Å². The molecule has 2 aliphatic heterocycles. The molecule has 1 fully saturated rings. The summed E-state index contributed by atoms with van der Waals surface area (Å²) in [7, 11) is 0. The average molecular weight is 554 g/mol. The Hall–Kier alpha value is -3.31. The quantitative estimate of drug-likeness (QED) is 0.412. The highest BCUT2D eigenvalue weighted by molar-refractivity contribution is 6.31. The summed E-state index contributed by atoms with van der Waals surface area (Å²) in [6.45, 7) is 3.22. The van der Waals surface area contributed by atoms with Crippen LogP contribution in [0.4, 0.5) is 23.4 Å². The van der Waals surface area contributed by atoms with E-state index >= 15 is 0 Å². The SMILES string of the molecule is C[C@H]1CN2c3cc(OCCc4ccc(Oc5ccc(Cl)c(C(F)(F)F)c5)c(F)c4)nc(=O)n3C[C@@]2(CO)C1. The number of benzene rings is 2. The number of hydrogen-bond acceptors (Lipinski definition) is 6. The third-order valence-electron chi connectivity index (χ3n) is 6.89. The molecule has 202 valence electrons. The normalized spacial score (nSPS) is 20.4. The number of ether oxygens (including phenoxy) is 2. The fourth-order valence-electron chi connectivity index (χ4n) is 5.20. The van der Waals surface area contributed by atoms with Gasteiger partial charge in [-0.15, -0.1) is 0 Å². The number of fused-ring (bicyclic) bond motifs is 3. The zero-order valence-corrected chi connectivity index (χ0v) is 21.0. The van der Waals surface area contributed by atoms with Crippen LogP contribution in [0.3, 0.4) is 0 Å². The molecule has 0 spiro atoms. The topological polar surface area (TPSA) is 76.8 Å². The summed E-state index contributed by atoms with van der Waals surface area (Å²) >= 11 is 5.61. The zero-order chi connectivity index (χ0) is 27.2. The molecule has 2 aromatic carbocycles. The summed E-state index contributed by atoms with van der Waals surface area (Å²) in [4.78, 5) is 18.6. The van der Waals surface area contributed by atoms with Gasteiger partial charge in [0.05, 0.1) is 35.9 Å². The lowest BCUT2D eigenvalue weighted by atomic mass is 9.94. The van der Waals surface area contributed by atoms with Gasteiger partial charge in [0.15, 0.2) is 11.6 Å². The van der Waals surface area contributed by atoms with Crippen molar-refractivity contribution in [3.63, 3.8) is 0 Å². The number of halogens is 5. The molecule has 12 heteroatoms. The van der Waals surface area contributed by atoms with Crippen LogP contribution in [0.2, 0.25) is 5.02 Å². The van der Waals surface area contributed by atoms with Crippen molar-refractivity contribution in [2.24, 2.45) is 5.92 Å². The second-order valence-electron chi connectivity index (χ2n) is 9.73. The van der Waals surface area contributed by atoms with Gasteiger partial charge in [-0.05, 0) is 48.2 Å². The summed E-state index contributed by atoms with van der Waals surface area (Å²) in [6.07, 6.45) is -3.63. The van der Waals surface area contributed by atoms with Crippen molar-refractivity contribution in [1.82, 2.24) is 9.55 Å².